The van der Waals surface area contributed by atoms with Crippen molar-refractivity contribution in [1.82, 2.24) is 5.32 Å². The van der Waals surface area contributed by atoms with Crippen LogP contribution in [0.1, 0.15) is 0 Å². The minimum Gasteiger partial charge on any atom is -0.368 e. The predicted octanol–water partition coefficient (Wildman–Crippen LogP) is -0.331. The quantitative estimate of drug-likeness (QED) is 0.190. The Morgan fingerprint density at radius 3 is 2.67 bits per heavy atom. The van der Waals surface area contributed by atoms with E-state index in [0.29, 0.717) is 0 Å². The third-order valence-electron chi connectivity index (χ3n) is 1.74. The van der Waals surface area contributed by atoms with E-state index in [2.05, 4.69) is 4.40 Å². The number of hydrogen-bond acceptors (Lipinski definition) is 5. The van der Waals surface area contributed by atoms with Crippen molar-refractivity contribution >= 4 is 21.7 Å². The molecule has 0 aliphatic heterocycles. The van der Waals surface area contributed by atoms with Crippen LogP contribution >= 0.6 is 0 Å². The summed E-state index contributed by atoms with van der Waals surface area (Å²) in [6, 6.07) is 4.67. The van der Waals surface area contributed by atoms with Crippen LogP contribution in [-0.4, -0.2) is 19.3 Å². The van der Waals surface area contributed by atoms with Gasteiger partial charge in [0.2, 0.25) is 5.96 Å². The maximum absolute atomic E-state index is 11.7. The second-order valence-electron chi connectivity index (χ2n) is 2.91. The van der Waals surface area contributed by atoms with Crippen molar-refractivity contribution in [3.8, 4) is 6.19 Å². The lowest BCUT2D eigenvalue weighted by Crippen LogP contribution is -2.28. The minimum atomic E-state index is -4.35. The third kappa shape index (κ3) is 2.92. The Bertz CT molecular complexity index is 646. The summed E-state index contributed by atoms with van der Waals surface area (Å²) in [5.41, 5.74) is 4.48. The van der Waals surface area contributed by atoms with Gasteiger partial charge in [-0.15, -0.1) is 4.40 Å². The second kappa shape index (κ2) is 5.11. The first-order valence-electron chi connectivity index (χ1n) is 4.37. The van der Waals surface area contributed by atoms with Crippen molar-refractivity contribution in [3.63, 3.8) is 0 Å². The number of nitro benzene ring substituents is 1. The maximum Gasteiger partial charge on any atom is 0.292 e. The SMILES string of the molecule is N#CN/C(N)=N/S(=O)(=O)c1ccccc1[N+](=O)[O-]. The Kier molecular flexibility index (Phi) is 3.80. The van der Waals surface area contributed by atoms with E-state index >= 15 is 0 Å². The van der Waals surface area contributed by atoms with Gasteiger partial charge in [-0.1, -0.05) is 12.1 Å². The lowest BCUT2D eigenvalue weighted by atomic mass is 10.3. The molecule has 1 aromatic rings. The molecule has 0 amide bonds. The molecule has 10 heteroatoms. The first kappa shape index (κ1) is 13.4. The molecular formula is C8H7N5O4S. The minimum absolute atomic E-state index is 0.599. The van der Waals surface area contributed by atoms with E-state index in [-0.39, 0.29) is 0 Å². The van der Waals surface area contributed by atoms with Gasteiger partial charge in [0, 0.05) is 6.07 Å². The van der Waals surface area contributed by atoms with Crippen molar-refractivity contribution < 1.29 is 13.3 Å². The number of hydrogen-bond donors (Lipinski definition) is 2. The van der Waals surface area contributed by atoms with Crippen LogP contribution in [0.2, 0.25) is 0 Å². The monoisotopic (exact) mass is 269 g/mol. The molecule has 0 saturated heterocycles. The Hall–Kier alpha value is -2.67. The van der Waals surface area contributed by atoms with Crippen molar-refractivity contribution in [2.45, 2.75) is 4.90 Å². The number of para-hydroxylation sites is 1. The molecule has 9 nitrogen and oxygen atoms in total. The van der Waals surface area contributed by atoms with E-state index in [1.165, 1.54) is 18.3 Å². The molecular weight excluding hydrogens is 262 g/mol. The van der Waals surface area contributed by atoms with Crippen molar-refractivity contribution in [3.05, 3.63) is 34.4 Å². The fourth-order valence-corrected chi connectivity index (χ4v) is 2.15. The largest absolute Gasteiger partial charge is 0.368 e. The van der Waals surface area contributed by atoms with Gasteiger partial charge >= 0.3 is 0 Å². The Labute approximate surface area is 102 Å². The highest BCUT2D eigenvalue weighted by Gasteiger charge is 2.24. The van der Waals surface area contributed by atoms with Gasteiger partial charge in [0.25, 0.3) is 15.7 Å². The molecule has 0 atom stereocenters. The van der Waals surface area contributed by atoms with Crippen LogP contribution in [0.15, 0.2) is 33.6 Å². The van der Waals surface area contributed by atoms with E-state index in [1.807, 2.05) is 0 Å². The van der Waals surface area contributed by atoms with Gasteiger partial charge in [0.15, 0.2) is 11.1 Å². The number of nitrogens with zero attached hydrogens (tertiary/aromatic N) is 3. The Balaban J connectivity index is 3.35. The zero-order valence-corrected chi connectivity index (χ0v) is 9.59. The maximum atomic E-state index is 11.7. The fraction of sp³-hybridized carbons (Fsp3) is 0. The number of nitrogens with two attached hydrogens (primary N) is 1. The van der Waals surface area contributed by atoms with E-state index in [1.54, 1.807) is 5.32 Å². The molecule has 1 aromatic carbocycles. The summed E-state index contributed by atoms with van der Waals surface area (Å²) in [7, 11) is -4.35. The molecule has 0 saturated carbocycles. The molecule has 94 valence electrons. The summed E-state index contributed by atoms with van der Waals surface area (Å²) in [4.78, 5) is 9.22. The standard InChI is InChI=1S/C8H7N5O4S/c9-5-11-8(10)12-18(16,17)7-4-2-1-3-6(7)13(14)15/h1-4H,(H3,10,11,12). The number of nitriles is 1. The number of rotatable bonds is 3. The third-order valence-corrected chi connectivity index (χ3v) is 3.08. The van der Waals surface area contributed by atoms with Crippen LogP contribution in [0, 0.1) is 21.6 Å². The smallest absolute Gasteiger partial charge is 0.292 e. The number of guanidine groups is 1. The summed E-state index contributed by atoms with van der Waals surface area (Å²) < 4.78 is 26.5. The lowest BCUT2D eigenvalue weighted by Gasteiger charge is -2.01. The Morgan fingerprint density at radius 1 is 1.50 bits per heavy atom. The zero-order chi connectivity index (χ0) is 13.8. The highest BCUT2D eigenvalue weighted by atomic mass is 32.2. The van der Waals surface area contributed by atoms with Gasteiger partial charge in [-0.25, -0.2) is 0 Å². The van der Waals surface area contributed by atoms with E-state index in [4.69, 9.17) is 11.0 Å². The first-order chi connectivity index (χ1) is 8.38. The number of nitro groups is 1. The lowest BCUT2D eigenvalue weighted by molar-refractivity contribution is -0.387. The molecule has 3 N–H and O–H groups in total. The van der Waals surface area contributed by atoms with E-state index < -0.39 is 31.5 Å². The summed E-state index contributed by atoms with van der Waals surface area (Å²) >= 11 is 0. The molecule has 0 heterocycles. The second-order valence-corrected chi connectivity index (χ2v) is 4.49. The molecule has 0 bridgehead atoms. The van der Waals surface area contributed by atoms with Gasteiger partial charge in [-0.05, 0) is 6.07 Å². The van der Waals surface area contributed by atoms with E-state index in [0.717, 1.165) is 12.1 Å². The van der Waals surface area contributed by atoms with Crippen LogP contribution in [0.3, 0.4) is 0 Å². The molecule has 0 spiro atoms. The number of benzene rings is 1. The fourth-order valence-electron chi connectivity index (χ4n) is 1.08. The normalized spacial score (nSPS) is 11.6. The zero-order valence-electron chi connectivity index (χ0n) is 8.77. The average molecular weight is 269 g/mol. The van der Waals surface area contributed by atoms with Gasteiger partial charge < -0.3 is 5.73 Å². The summed E-state index contributed by atoms with van der Waals surface area (Å²) in [5.74, 6) is -0.671. The molecule has 18 heavy (non-hydrogen) atoms. The molecule has 0 radical (unpaired) electrons. The number of sulfonamides is 1. The van der Waals surface area contributed by atoms with Gasteiger partial charge in [-0.3, -0.25) is 15.4 Å². The van der Waals surface area contributed by atoms with Crippen molar-refractivity contribution in [2.24, 2.45) is 10.1 Å². The van der Waals surface area contributed by atoms with Crippen LogP contribution in [0.4, 0.5) is 5.69 Å². The predicted molar refractivity (Wildman–Crippen MR) is 60.7 cm³/mol. The van der Waals surface area contributed by atoms with Crippen LogP contribution in [-0.2, 0) is 10.0 Å². The first-order valence-corrected chi connectivity index (χ1v) is 5.81. The van der Waals surface area contributed by atoms with Gasteiger partial charge in [0.05, 0.1) is 4.92 Å². The van der Waals surface area contributed by atoms with Gasteiger partial charge in [-0.2, -0.15) is 13.7 Å². The molecule has 0 aromatic heterocycles. The van der Waals surface area contributed by atoms with E-state index in [9.17, 15) is 18.5 Å². The van der Waals surface area contributed by atoms with Crippen LogP contribution in [0.25, 0.3) is 0 Å². The molecule has 0 aliphatic carbocycles. The summed E-state index contributed by atoms with van der Waals surface area (Å²) in [6.45, 7) is 0. The average Bonchev–Trinajstić information content (AvgIpc) is 2.28. The summed E-state index contributed by atoms with van der Waals surface area (Å²) in [5, 5.41) is 20.7. The van der Waals surface area contributed by atoms with Gasteiger partial charge in [0.1, 0.15) is 0 Å². The highest BCUT2D eigenvalue weighted by molar-refractivity contribution is 7.90. The van der Waals surface area contributed by atoms with Crippen molar-refractivity contribution in [1.29, 1.82) is 5.26 Å². The van der Waals surface area contributed by atoms with Crippen molar-refractivity contribution in [2.75, 3.05) is 0 Å². The topological polar surface area (TPSA) is 151 Å². The number of nitrogens with one attached hydrogen (secondary N) is 1. The molecule has 0 aliphatic rings. The summed E-state index contributed by atoms with van der Waals surface area (Å²) in [6.07, 6.45) is 1.37. The molecule has 0 fully saturated rings. The highest BCUT2D eigenvalue weighted by Crippen LogP contribution is 2.24. The van der Waals surface area contributed by atoms with Crippen LogP contribution in [0.5, 0.6) is 0 Å². The molecule has 0 unspecified atom stereocenters. The Morgan fingerprint density at radius 2 is 2.11 bits per heavy atom. The molecule has 1 rings (SSSR count). The van der Waals surface area contributed by atoms with Crippen LogP contribution < -0.4 is 11.1 Å².